The van der Waals surface area contributed by atoms with Gasteiger partial charge in [0.25, 0.3) is 11.8 Å². The number of carbonyl (C=O) groups is 2. The van der Waals surface area contributed by atoms with Crippen LogP contribution < -0.4 is 15.8 Å². The highest BCUT2D eigenvalue weighted by molar-refractivity contribution is 5.96. The highest BCUT2D eigenvalue weighted by Gasteiger charge is 2.27. The summed E-state index contributed by atoms with van der Waals surface area (Å²) in [6.07, 6.45) is 8.05. The van der Waals surface area contributed by atoms with Crippen molar-refractivity contribution in [2.75, 3.05) is 38.7 Å². The summed E-state index contributed by atoms with van der Waals surface area (Å²) in [6, 6.07) is 19.7. The van der Waals surface area contributed by atoms with E-state index >= 15 is 0 Å². The average Bonchev–Trinajstić information content (AvgIpc) is 3.64. The smallest absolute Gasteiger partial charge is 0.273 e. The molecule has 55 heavy (non-hydrogen) atoms. The number of pyridine rings is 2. The fourth-order valence-electron chi connectivity index (χ4n) is 7.84. The third-order valence-corrected chi connectivity index (χ3v) is 10.8. The van der Waals surface area contributed by atoms with Crippen LogP contribution >= 0.6 is 0 Å². The number of anilines is 1. The molecule has 3 N–H and O–H groups in total. The van der Waals surface area contributed by atoms with Crippen LogP contribution in [0.25, 0.3) is 22.2 Å². The first kappa shape index (κ1) is 38.0. The monoisotopic (exact) mass is 744 g/mol. The Labute approximate surface area is 323 Å². The number of carbonyl (C=O) groups excluding carboxylic acids is 2. The van der Waals surface area contributed by atoms with E-state index in [0.717, 1.165) is 82.9 Å². The van der Waals surface area contributed by atoms with E-state index in [1.807, 2.05) is 23.0 Å². The van der Waals surface area contributed by atoms with Gasteiger partial charge in [-0.25, -0.2) is 14.6 Å². The summed E-state index contributed by atoms with van der Waals surface area (Å²) in [6.45, 7) is 9.86. The number of amides is 2. The van der Waals surface area contributed by atoms with Crippen LogP contribution in [0.2, 0.25) is 0 Å². The van der Waals surface area contributed by atoms with Gasteiger partial charge in [-0.05, 0) is 99.1 Å². The summed E-state index contributed by atoms with van der Waals surface area (Å²) in [5.41, 5.74) is 13.5. The summed E-state index contributed by atoms with van der Waals surface area (Å²) in [7, 11) is 1.69. The second kappa shape index (κ2) is 17.4. The zero-order valence-corrected chi connectivity index (χ0v) is 32.2. The van der Waals surface area contributed by atoms with Crippen molar-refractivity contribution < 1.29 is 19.1 Å². The van der Waals surface area contributed by atoms with Crippen molar-refractivity contribution in [3.8, 4) is 16.9 Å². The van der Waals surface area contributed by atoms with E-state index in [9.17, 15) is 9.59 Å². The molecule has 2 aliphatic heterocycles. The van der Waals surface area contributed by atoms with Gasteiger partial charge >= 0.3 is 0 Å². The van der Waals surface area contributed by atoms with Gasteiger partial charge in [0.05, 0.1) is 30.9 Å². The van der Waals surface area contributed by atoms with Gasteiger partial charge < -0.3 is 25.4 Å². The summed E-state index contributed by atoms with van der Waals surface area (Å²) in [5, 5.41) is 9.44. The predicted molar refractivity (Wildman–Crippen MR) is 214 cm³/mol. The lowest BCUT2D eigenvalue weighted by Gasteiger charge is -2.29. The molecular formula is C43H52N8O4. The van der Waals surface area contributed by atoms with Gasteiger partial charge in [0.1, 0.15) is 17.1 Å². The molecule has 5 aromatic rings. The number of methoxy groups -OCH3 is 1. The normalized spacial score (nSPS) is 15.3. The number of nitrogens with two attached hydrogens (primary N) is 1. The zero-order valence-electron chi connectivity index (χ0n) is 32.2. The molecule has 2 saturated heterocycles. The zero-order chi connectivity index (χ0) is 38.3. The maximum atomic E-state index is 14.7. The first-order chi connectivity index (χ1) is 26.8. The van der Waals surface area contributed by atoms with Crippen LogP contribution in [-0.2, 0) is 37.3 Å². The molecule has 2 fully saturated rings. The first-order valence-corrected chi connectivity index (χ1v) is 19.6. The fraction of sp³-hybridized carbons (Fsp3) is 0.419. The van der Waals surface area contributed by atoms with Crippen molar-refractivity contribution in [1.82, 2.24) is 29.5 Å². The van der Waals surface area contributed by atoms with Gasteiger partial charge in [0, 0.05) is 55.7 Å². The Morgan fingerprint density at radius 2 is 1.73 bits per heavy atom. The quantitative estimate of drug-likeness (QED) is 0.129. The lowest BCUT2D eigenvalue weighted by molar-refractivity contribution is 0.0723. The number of likely N-dealkylation sites (tertiary alicyclic amines) is 1. The highest BCUT2D eigenvalue weighted by Crippen LogP contribution is 2.35. The average molecular weight is 745 g/mol. The summed E-state index contributed by atoms with van der Waals surface area (Å²) >= 11 is 0. The van der Waals surface area contributed by atoms with E-state index in [4.69, 9.17) is 20.2 Å². The molecule has 288 valence electrons. The van der Waals surface area contributed by atoms with Gasteiger partial charge in [-0.2, -0.15) is 5.10 Å². The third-order valence-electron chi connectivity index (χ3n) is 10.8. The number of aromatic nitrogens is 4. The molecule has 3 aromatic heterocycles. The van der Waals surface area contributed by atoms with Gasteiger partial charge in [-0.1, -0.05) is 43.7 Å². The Bertz CT molecular complexity index is 2140. The van der Waals surface area contributed by atoms with Gasteiger partial charge in [-0.3, -0.25) is 14.5 Å². The van der Waals surface area contributed by atoms with Crippen molar-refractivity contribution in [2.24, 2.45) is 5.73 Å². The number of nitrogens with one attached hydrogen (secondary N) is 1. The molecule has 2 amide bonds. The lowest BCUT2D eigenvalue weighted by Crippen LogP contribution is -2.33. The maximum absolute atomic E-state index is 14.7. The van der Waals surface area contributed by atoms with Crippen molar-refractivity contribution in [3.05, 3.63) is 101 Å². The number of primary amides is 1. The van der Waals surface area contributed by atoms with Crippen LogP contribution in [-0.4, -0.2) is 80.8 Å². The van der Waals surface area contributed by atoms with E-state index in [1.54, 1.807) is 24.1 Å². The summed E-state index contributed by atoms with van der Waals surface area (Å²) in [4.78, 5) is 40.7. The van der Waals surface area contributed by atoms with E-state index in [0.29, 0.717) is 26.2 Å². The standard InChI is InChI=1S/C43H52N8O4/c1-4-36-35(40(46-32-17-21-55-22-18-32)34-25-45-51(5-2)42(34)48-36)28-50(43(53)38-14-10-13-37(47-38)41(44)52)27-30-15-16-39(54-3)33(24-30)31-12-9-11-29(23-31)26-49-19-7-6-8-20-49/h9-16,23-25,32H,4-8,17-22,26-28H2,1-3H3,(H2,44,52)(H,46,48). The SMILES string of the molecule is CCc1nc2c(cnn2CC)c(NC2CCOCC2)c1CN(Cc1ccc(OC)c(-c2cccc(CN3CCCCC3)c2)c1)C(=O)c1cccc(C(N)=O)n1. The van der Waals surface area contributed by atoms with Crippen LogP contribution in [0.4, 0.5) is 5.69 Å². The molecular weight excluding hydrogens is 693 g/mol. The second-order valence-corrected chi connectivity index (χ2v) is 14.5. The van der Waals surface area contributed by atoms with Gasteiger partial charge in [0.2, 0.25) is 0 Å². The van der Waals surface area contributed by atoms with E-state index < -0.39 is 5.91 Å². The Balaban J connectivity index is 1.29. The first-order valence-electron chi connectivity index (χ1n) is 19.6. The van der Waals surface area contributed by atoms with E-state index in [1.165, 1.54) is 30.9 Å². The van der Waals surface area contributed by atoms with Crippen molar-refractivity contribution in [3.63, 3.8) is 0 Å². The number of fused-ring (bicyclic) bond motifs is 1. The largest absolute Gasteiger partial charge is 0.496 e. The minimum absolute atomic E-state index is 0.0353. The number of aryl methyl sites for hydroxylation is 2. The Kier molecular flexibility index (Phi) is 12.0. The molecule has 0 bridgehead atoms. The molecule has 7 rings (SSSR count). The van der Waals surface area contributed by atoms with Crippen LogP contribution in [0, 0.1) is 0 Å². The molecule has 0 aliphatic carbocycles. The lowest BCUT2D eigenvalue weighted by atomic mass is 9.98. The third kappa shape index (κ3) is 8.66. The van der Waals surface area contributed by atoms with Crippen molar-refractivity contribution in [2.45, 2.75) is 84.6 Å². The molecule has 0 spiro atoms. The molecule has 2 aliphatic rings. The second-order valence-electron chi connectivity index (χ2n) is 14.5. The molecule has 0 unspecified atom stereocenters. The number of rotatable bonds is 14. The number of nitrogens with zero attached hydrogens (tertiary/aromatic N) is 6. The van der Waals surface area contributed by atoms with E-state index in [-0.39, 0.29) is 36.4 Å². The maximum Gasteiger partial charge on any atom is 0.273 e. The van der Waals surface area contributed by atoms with Gasteiger partial charge in [-0.15, -0.1) is 0 Å². The van der Waals surface area contributed by atoms with Crippen molar-refractivity contribution >= 4 is 28.5 Å². The number of hydrogen-bond acceptors (Lipinski definition) is 9. The Hall–Kier alpha value is -5.33. The number of hydrogen-bond donors (Lipinski definition) is 2. The van der Waals surface area contributed by atoms with Gasteiger partial charge in [0.15, 0.2) is 5.65 Å². The topological polar surface area (TPSA) is 141 Å². The van der Waals surface area contributed by atoms with Crippen molar-refractivity contribution in [1.29, 1.82) is 0 Å². The minimum atomic E-state index is -0.692. The molecule has 2 aromatic carbocycles. The number of benzene rings is 2. The summed E-state index contributed by atoms with van der Waals surface area (Å²) < 4.78 is 13.5. The van der Waals surface area contributed by atoms with Crippen LogP contribution in [0.5, 0.6) is 5.75 Å². The molecule has 0 radical (unpaired) electrons. The van der Waals surface area contributed by atoms with Crippen LogP contribution in [0.15, 0.2) is 66.9 Å². The van der Waals surface area contributed by atoms with E-state index in [2.05, 4.69) is 64.5 Å². The number of ether oxygens (including phenoxy) is 2. The fourth-order valence-corrected chi connectivity index (χ4v) is 7.84. The summed E-state index contributed by atoms with van der Waals surface area (Å²) in [5.74, 6) is -0.263. The van der Waals surface area contributed by atoms with Crippen LogP contribution in [0.1, 0.15) is 89.3 Å². The molecule has 12 heteroatoms. The molecule has 0 saturated carbocycles. The highest BCUT2D eigenvalue weighted by atomic mass is 16.5. The van der Waals surface area contributed by atoms with Crippen LogP contribution in [0.3, 0.4) is 0 Å². The Morgan fingerprint density at radius 3 is 2.47 bits per heavy atom. The minimum Gasteiger partial charge on any atom is -0.496 e. The Morgan fingerprint density at radius 1 is 0.945 bits per heavy atom. The molecule has 5 heterocycles. The predicted octanol–water partition coefficient (Wildman–Crippen LogP) is 6.60. The molecule has 0 atom stereocenters. The number of piperidine rings is 1. The molecule has 12 nitrogen and oxygen atoms in total.